The summed E-state index contributed by atoms with van der Waals surface area (Å²) >= 11 is 7.05. The number of fused-ring (bicyclic) bond motifs is 2. The van der Waals surface area contributed by atoms with Crippen molar-refractivity contribution in [2.75, 3.05) is 18.0 Å². The first-order chi connectivity index (χ1) is 12.0. The van der Waals surface area contributed by atoms with Crippen LogP contribution in [-0.2, 0) is 4.79 Å². The van der Waals surface area contributed by atoms with E-state index in [0.717, 1.165) is 31.1 Å². The summed E-state index contributed by atoms with van der Waals surface area (Å²) in [6.07, 6.45) is 3.59. The summed E-state index contributed by atoms with van der Waals surface area (Å²) in [5, 5.41) is 12.8. The second kappa shape index (κ2) is 6.49. The number of rotatable bonds is 3. The number of hydrogen-bond acceptors (Lipinski definition) is 6. The van der Waals surface area contributed by atoms with E-state index < -0.39 is 5.82 Å². The summed E-state index contributed by atoms with van der Waals surface area (Å²) < 4.78 is 14.1. The van der Waals surface area contributed by atoms with Gasteiger partial charge in [0.05, 0.1) is 5.56 Å². The Balaban J connectivity index is 1.53. The van der Waals surface area contributed by atoms with Crippen LogP contribution in [0.1, 0.15) is 19.8 Å². The molecule has 2 fully saturated rings. The Morgan fingerprint density at radius 1 is 1.36 bits per heavy atom. The molecule has 1 saturated heterocycles. The lowest BCUT2D eigenvalue weighted by Gasteiger charge is -2.37. The van der Waals surface area contributed by atoms with Crippen LogP contribution in [0.5, 0.6) is 0 Å². The highest BCUT2D eigenvalue weighted by Crippen LogP contribution is 2.40. The minimum absolute atomic E-state index is 0.0271. The van der Waals surface area contributed by atoms with Crippen LogP contribution in [0.4, 0.5) is 9.52 Å². The van der Waals surface area contributed by atoms with Crippen LogP contribution in [0.15, 0.2) is 12.3 Å². The molecule has 3 heterocycles. The first kappa shape index (κ1) is 16.7. The Labute approximate surface area is 153 Å². The minimum atomic E-state index is -0.452. The van der Waals surface area contributed by atoms with E-state index in [2.05, 4.69) is 25.4 Å². The van der Waals surface area contributed by atoms with Crippen LogP contribution in [0.2, 0.25) is 5.15 Å². The van der Waals surface area contributed by atoms with Crippen molar-refractivity contribution in [3.63, 3.8) is 0 Å². The first-order valence-corrected chi connectivity index (χ1v) is 9.37. The molecular weight excluding hydrogens is 365 g/mol. The highest BCUT2D eigenvalue weighted by atomic mass is 35.5. The maximum atomic E-state index is 14.1. The van der Waals surface area contributed by atoms with Crippen LogP contribution in [0.3, 0.4) is 0 Å². The molecule has 1 aliphatic heterocycles. The van der Waals surface area contributed by atoms with E-state index in [1.807, 2.05) is 0 Å². The van der Waals surface area contributed by atoms with E-state index >= 15 is 0 Å². The normalized spacial score (nSPS) is 25.2. The number of nitrogens with one attached hydrogen (secondary N) is 1. The number of anilines is 1. The summed E-state index contributed by atoms with van der Waals surface area (Å²) in [4.78, 5) is 17.5. The fourth-order valence-electron chi connectivity index (χ4n) is 3.87. The lowest BCUT2D eigenvalue weighted by atomic mass is 9.92. The molecule has 1 amide bonds. The summed E-state index contributed by atoms with van der Waals surface area (Å²) in [7, 11) is 0. The lowest BCUT2D eigenvalue weighted by molar-refractivity contribution is -0.120. The molecule has 0 aromatic carbocycles. The zero-order chi connectivity index (χ0) is 17.6. The second-order valence-corrected chi connectivity index (χ2v) is 7.95. The Hall–Kier alpha value is -1.80. The number of amides is 1. The standard InChI is InChI=1S/C16H17ClFN5OS/c1-8(24)20-14-9-2-3-10(14)7-23(6-9)16-22-21-15(25-16)11-5-19-13(17)4-12(11)18/h4-5,9-10,14H,2-3,6-7H2,1H3,(H,20,24)/t9-,10+,14?. The molecule has 1 saturated carbocycles. The van der Waals surface area contributed by atoms with Gasteiger partial charge in [0.1, 0.15) is 11.0 Å². The van der Waals surface area contributed by atoms with Crippen molar-refractivity contribution in [1.82, 2.24) is 20.5 Å². The predicted molar refractivity (Wildman–Crippen MR) is 94.1 cm³/mol. The molecule has 1 aliphatic carbocycles. The molecule has 132 valence electrons. The zero-order valence-electron chi connectivity index (χ0n) is 13.6. The van der Waals surface area contributed by atoms with Gasteiger partial charge in [-0.2, -0.15) is 0 Å². The quantitative estimate of drug-likeness (QED) is 0.828. The molecule has 2 aromatic heterocycles. The van der Waals surface area contributed by atoms with Gasteiger partial charge in [-0.05, 0) is 24.7 Å². The smallest absolute Gasteiger partial charge is 0.217 e. The van der Waals surface area contributed by atoms with E-state index in [0.29, 0.717) is 22.4 Å². The van der Waals surface area contributed by atoms with Gasteiger partial charge in [0.15, 0.2) is 5.01 Å². The Morgan fingerprint density at radius 2 is 2.08 bits per heavy atom. The maximum absolute atomic E-state index is 14.1. The molecule has 2 aliphatic rings. The molecule has 3 atom stereocenters. The highest BCUT2D eigenvalue weighted by molar-refractivity contribution is 7.18. The SMILES string of the molecule is CC(=O)NC1[C@@H]2CC[C@H]1CN(c1nnc(-c3cnc(Cl)cc3F)s1)C2. The monoisotopic (exact) mass is 381 g/mol. The number of pyridine rings is 1. The number of carbonyl (C=O) groups excluding carboxylic acids is 1. The largest absolute Gasteiger partial charge is 0.353 e. The molecule has 0 spiro atoms. The Kier molecular flexibility index (Phi) is 4.33. The van der Waals surface area contributed by atoms with Crippen molar-refractivity contribution in [3.8, 4) is 10.6 Å². The van der Waals surface area contributed by atoms with Crippen molar-refractivity contribution in [2.45, 2.75) is 25.8 Å². The van der Waals surface area contributed by atoms with Gasteiger partial charge >= 0.3 is 0 Å². The third-order valence-electron chi connectivity index (χ3n) is 4.94. The van der Waals surface area contributed by atoms with Gasteiger partial charge in [0, 0.05) is 38.3 Å². The third kappa shape index (κ3) is 3.20. The predicted octanol–water partition coefficient (Wildman–Crippen LogP) is 2.74. The Morgan fingerprint density at radius 3 is 2.72 bits per heavy atom. The van der Waals surface area contributed by atoms with E-state index in [-0.39, 0.29) is 17.1 Å². The lowest BCUT2D eigenvalue weighted by Crippen LogP contribution is -2.52. The van der Waals surface area contributed by atoms with Crippen LogP contribution < -0.4 is 10.2 Å². The molecule has 2 bridgehead atoms. The molecule has 1 unspecified atom stereocenters. The van der Waals surface area contributed by atoms with Crippen LogP contribution in [-0.4, -0.2) is 40.2 Å². The number of aromatic nitrogens is 3. The van der Waals surface area contributed by atoms with Crippen molar-refractivity contribution in [2.24, 2.45) is 11.8 Å². The minimum Gasteiger partial charge on any atom is -0.353 e. The fourth-order valence-corrected chi connectivity index (χ4v) is 4.89. The van der Waals surface area contributed by atoms with Crippen molar-refractivity contribution in [3.05, 3.63) is 23.2 Å². The van der Waals surface area contributed by atoms with Crippen LogP contribution in [0, 0.1) is 17.7 Å². The van der Waals surface area contributed by atoms with Gasteiger partial charge in [-0.15, -0.1) is 10.2 Å². The summed E-state index contributed by atoms with van der Waals surface area (Å²) in [5.41, 5.74) is 0.309. The summed E-state index contributed by atoms with van der Waals surface area (Å²) in [5.74, 6) is 0.416. The number of hydrogen-bond donors (Lipinski definition) is 1. The van der Waals surface area contributed by atoms with Crippen LogP contribution >= 0.6 is 22.9 Å². The van der Waals surface area contributed by atoms with E-state index in [9.17, 15) is 9.18 Å². The van der Waals surface area contributed by atoms with Gasteiger partial charge in [-0.25, -0.2) is 9.37 Å². The van der Waals surface area contributed by atoms with Gasteiger partial charge in [0.2, 0.25) is 11.0 Å². The molecule has 1 N–H and O–H groups in total. The number of nitrogens with zero attached hydrogens (tertiary/aromatic N) is 4. The molecule has 4 rings (SSSR count). The summed E-state index contributed by atoms with van der Waals surface area (Å²) in [6.45, 7) is 3.23. The van der Waals surface area contributed by atoms with Crippen molar-refractivity contribution < 1.29 is 9.18 Å². The highest BCUT2D eigenvalue weighted by Gasteiger charge is 2.43. The number of halogens is 2. The van der Waals surface area contributed by atoms with Gasteiger partial charge in [-0.3, -0.25) is 4.79 Å². The first-order valence-electron chi connectivity index (χ1n) is 8.18. The van der Waals surface area contributed by atoms with Crippen molar-refractivity contribution in [1.29, 1.82) is 0 Å². The topological polar surface area (TPSA) is 71.0 Å². The number of piperidine rings is 1. The van der Waals surface area contributed by atoms with E-state index in [4.69, 9.17) is 11.6 Å². The fraction of sp³-hybridized carbons (Fsp3) is 0.500. The van der Waals surface area contributed by atoms with Gasteiger partial charge in [0.25, 0.3) is 0 Å². The summed E-state index contributed by atoms with van der Waals surface area (Å²) in [6, 6.07) is 1.43. The molecule has 9 heteroatoms. The zero-order valence-corrected chi connectivity index (χ0v) is 15.1. The molecule has 25 heavy (non-hydrogen) atoms. The van der Waals surface area contributed by atoms with Crippen LogP contribution in [0.25, 0.3) is 10.6 Å². The Bertz CT molecular complexity index is 802. The molecule has 0 radical (unpaired) electrons. The third-order valence-corrected chi connectivity index (χ3v) is 6.16. The maximum Gasteiger partial charge on any atom is 0.217 e. The van der Waals surface area contributed by atoms with E-state index in [1.165, 1.54) is 23.6 Å². The molecule has 2 aromatic rings. The van der Waals surface area contributed by atoms with E-state index in [1.54, 1.807) is 6.92 Å². The number of carbonyl (C=O) groups is 1. The average molecular weight is 382 g/mol. The van der Waals surface area contributed by atoms with Gasteiger partial charge < -0.3 is 10.2 Å². The van der Waals surface area contributed by atoms with Crippen molar-refractivity contribution >= 4 is 34.0 Å². The van der Waals surface area contributed by atoms with Gasteiger partial charge in [-0.1, -0.05) is 22.9 Å². The average Bonchev–Trinajstić information content (AvgIpc) is 3.10. The second-order valence-electron chi connectivity index (χ2n) is 6.61. The molecule has 6 nitrogen and oxygen atoms in total. The molecular formula is C16H17ClFN5OS.